The fourth-order valence-corrected chi connectivity index (χ4v) is 2.49. The molecule has 2 N–H and O–H groups in total. The average Bonchev–Trinajstić information content (AvgIpc) is 2.83. The first kappa shape index (κ1) is 13.0. The largest absolute Gasteiger partial charge is 0.345 e. The second kappa shape index (κ2) is 5.96. The Hall–Kier alpha value is -1.42. The number of carbonyl (C=O) groups is 1. The molecule has 4 nitrogen and oxygen atoms in total. The Morgan fingerprint density at radius 1 is 1.50 bits per heavy atom. The molecule has 1 aromatic heterocycles. The highest BCUT2D eigenvalue weighted by Gasteiger charge is 2.29. The minimum Gasteiger partial charge on any atom is -0.345 e. The number of hydrogen-bond donors (Lipinski definition) is 1. The third-order valence-electron chi connectivity index (χ3n) is 3.63. The van der Waals surface area contributed by atoms with E-state index >= 15 is 0 Å². The van der Waals surface area contributed by atoms with Gasteiger partial charge in [0.15, 0.2) is 0 Å². The highest BCUT2D eigenvalue weighted by Crippen LogP contribution is 2.25. The van der Waals surface area contributed by atoms with Gasteiger partial charge in [-0.3, -0.25) is 9.78 Å². The van der Waals surface area contributed by atoms with E-state index in [9.17, 15) is 4.79 Å². The molecule has 2 rings (SSSR count). The van der Waals surface area contributed by atoms with Gasteiger partial charge in [0.1, 0.15) is 0 Å². The Morgan fingerprint density at radius 2 is 2.33 bits per heavy atom. The smallest absolute Gasteiger partial charge is 0.225 e. The van der Waals surface area contributed by atoms with Gasteiger partial charge in [-0.1, -0.05) is 6.07 Å². The molecule has 1 aromatic rings. The van der Waals surface area contributed by atoms with Gasteiger partial charge in [-0.15, -0.1) is 0 Å². The molecule has 0 bridgehead atoms. The van der Waals surface area contributed by atoms with Crippen molar-refractivity contribution in [3.8, 4) is 0 Å². The number of pyridine rings is 1. The van der Waals surface area contributed by atoms with Gasteiger partial charge in [-0.05, 0) is 31.4 Å². The fraction of sp³-hybridized carbons (Fsp3) is 0.571. The van der Waals surface area contributed by atoms with E-state index in [-0.39, 0.29) is 17.9 Å². The van der Waals surface area contributed by atoms with E-state index in [0.29, 0.717) is 0 Å². The first-order valence-corrected chi connectivity index (χ1v) is 6.57. The van der Waals surface area contributed by atoms with Crippen molar-refractivity contribution in [3.63, 3.8) is 0 Å². The molecule has 98 valence electrons. The maximum Gasteiger partial charge on any atom is 0.225 e. The van der Waals surface area contributed by atoms with Crippen molar-refractivity contribution in [3.05, 3.63) is 30.1 Å². The molecule has 0 saturated heterocycles. The normalized spacial score (nSPS) is 23.0. The summed E-state index contributed by atoms with van der Waals surface area (Å²) in [6.45, 7) is 0.724. The molecule has 4 heteroatoms. The monoisotopic (exact) mass is 247 g/mol. The van der Waals surface area contributed by atoms with Crippen LogP contribution in [-0.4, -0.2) is 35.4 Å². The van der Waals surface area contributed by atoms with Gasteiger partial charge < -0.3 is 10.6 Å². The van der Waals surface area contributed by atoms with Crippen LogP contribution in [0.15, 0.2) is 24.4 Å². The van der Waals surface area contributed by atoms with Gasteiger partial charge in [-0.2, -0.15) is 0 Å². The predicted molar refractivity (Wildman–Crippen MR) is 70.9 cm³/mol. The Balaban J connectivity index is 1.81. The van der Waals surface area contributed by atoms with E-state index in [1.54, 1.807) is 6.20 Å². The van der Waals surface area contributed by atoms with Crippen molar-refractivity contribution >= 4 is 5.91 Å². The number of likely N-dealkylation sites (N-methyl/N-ethyl adjacent to an activating group) is 1. The van der Waals surface area contributed by atoms with Crippen LogP contribution in [0.3, 0.4) is 0 Å². The summed E-state index contributed by atoms with van der Waals surface area (Å²) in [4.78, 5) is 18.2. The third kappa shape index (κ3) is 3.29. The Bertz CT molecular complexity index is 393. The summed E-state index contributed by atoms with van der Waals surface area (Å²) in [5, 5.41) is 0. The topological polar surface area (TPSA) is 59.2 Å². The minimum absolute atomic E-state index is 0.133. The number of aromatic nitrogens is 1. The SMILES string of the molecule is CN(CCc1ccccn1)C(=O)C1CCC(N)C1. The van der Waals surface area contributed by atoms with Crippen LogP contribution in [0.5, 0.6) is 0 Å². The second-order valence-electron chi connectivity index (χ2n) is 5.10. The summed E-state index contributed by atoms with van der Waals surface area (Å²) in [5.74, 6) is 0.368. The van der Waals surface area contributed by atoms with E-state index in [4.69, 9.17) is 5.73 Å². The Kier molecular flexibility index (Phi) is 4.31. The standard InChI is InChI=1S/C14H21N3O/c1-17(9-7-13-4-2-3-8-16-13)14(18)11-5-6-12(15)10-11/h2-4,8,11-12H,5-7,9-10,15H2,1H3. The molecule has 2 unspecified atom stereocenters. The van der Waals surface area contributed by atoms with Gasteiger partial charge in [0.2, 0.25) is 5.91 Å². The second-order valence-corrected chi connectivity index (χ2v) is 5.10. The molecule has 1 heterocycles. The molecule has 1 amide bonds. The summed E-state index contributed by atoms with van der Waals surface area (Å²) in [6.07, 6.45) is 5.35. The van der Waals surface area contributed by atoms with Crippen molar-refractivity contribution < 1.29 is 4.79 Å². The van der Waals surface area contributed by atoms with Gasteiger partial charge in [0.25, 0.3) is 0 Å². The highest BCUT2D eigenvalue weighted by molar-refractivity contribution is 5.78. The minimum atomic E-state index is 0.133. The summed E-state index contributed by atoms with van der Waals surface area (Å²) in [6, 6.07) is 6.07. The first-order chi connectivity index (χ1) is 8.66. The predicted octanol–water partition coefficient (Wildman–Crippen LogP) is 1.21. The van der Waals surface area contributed by atoms with Gasteiger partial charge in [0.05, 0.1) is 0 Å². The number of carbonyl (C=O) groups excluding carboxylic acids is 1. The summed E-state index contributed by atoms with van der Waals surface area (Å²) < 4.78 is 0. The van der Waals surface area contributed by atoms with E-state index in [1.807, 2.05) is 30.1 Å². The maximum absolute atomic E-state index is 12.2. The number of hydrogen-bond acceptors (Lipinski definition) is 3. The molecule has 0 aromatic carbocycles. The Morgan fingerprint density at radius 3 is 2.94 bits per heavy atom. The lowest BCUT2D eigenvalue weighted by Gasteiger charge is -2.20. The van der Waals surface area contributed by atoms with Crippen molar-refractivity contribution in [2.75, 3.05) is 13.6 Å². The third-order valence-corrected chi connectivity index (χ3v) is 3.63. The highest BCUT2D eigenvalue weighted by atomic mass is 16.2. The average molecular weight is 247 g/mol. The summed E-state index contributed by atoms with van der Waals surface area (Å²) >= 11 is 0. The molecule has 2 atom stereocenters. The van der Waals surface area contributed by atoms with Crippen molar-refractivity contribution in [1.82, 2.24) is 9.88 Å². The molecule has 0 spiro atoms. The van der Waals surface area contributed by atoms with Crippen LogP contribution in [0.1, 0.15) is 25.0 Å². The lowest BCUT2D eigenvalue weighted by molar-refractivity contribution is -0.134. The van der Waals surface area contributed by atoms with Crippen LogP contribution >= 0.6 is 0 Å². The van der Waals surface area contributed by atoms with Crippen LogP contribution in [0.4, 0.5) is 0 Å². The molecule has 18 heavy (non-hydrogen) atoms. The molecule has 1 aliphatic carbocycles. The van der Waals surface area contributed by atoms with E-state index < -0.39 is 0 Å². The summed E-state index contributed by atoms with van der Waals surface area (Å²) in [5.41, 5.74) is 6.88. The number of rotatable bonds is 4. The quantitative estimate of drug-likeness (QED) is 0.870. The number of amides is 1. The van der Waals surface area contributed by atoms with Crippen LogP contribution in [0.2, 0.25) is 0 Å². The van der Waals surface area contributed by atoms with E-state index in [1.165, 1.54) is 0 Å². The molecular weight excluding hydrogens is 226 g/mol. The van der Waals surface area contributed by atoms with E-state index in [2.05, 4.69) is 4.98 Å². The zero-order chi connectivity index (χ0) is 13.0. The summed E-state index contributed by atoms with van der Waals surface area (Å²) in [7, 11) is 1.87. The number of nitrogens with two attached hydrogens (primary N) is 1. The van der Waals surface area contributed by atoms with Crippen LogP contribution in [-0.2, 0) is 11.2 Å². The molecular formula is C14H21N3O. The lowest BCUT2D eigenvalue weighted by Crippen LogP contribution is -2.34. The zero-order valence-corrected chi connectivity index (χ0v) is 10.9. The molecule has 1 fully saturated rings. The first-order valence-electron chi connectivity index (χ1n) is 6.57. The zero-order valence-electron chi connectivity index (χ0n) is 10.9. The number of nitrogens with zero attached hydrogens (tertiary/aromatic N) is 2. The molecule has 1 saturated carbocycles. The molecule has 0 radical (unpaired) electrons. The Labute approximate surface area is 108 Å². The van der Waals surface area contributed by atoms with Crippen LogP contribution < -0.4 is 5.73 Å². The van der Waals surface area contributed by atoms with Crippen molar-refractivity contribution in [1.29, 1.82) is 0 Å². The van der Waals surface area contributed by atoms with Crippen LogP contribution in [0.25, 0.3) is 0 Å². The van der Waals surface area contributed by atoms with Crippen molar-refractivity contribution in [2.24, 2.45) is 11.7 Å². The van der Waals surface area contributed by atoms with Crippen LogP contribution in [0, 0.1) is 5.92 Å². The molecule has 1 aliphatic rings. The van der Waals surface area contributed by atoms with Gasteiger partial charge >= 0.3 is 0 Å². The van der Waals surface area contributed by atoms with E-state index in [0.717, 1.165) is 37.9 Å². The maximum atomic E-state index is 12.2. The molecule has 0 aliphatic heterocycles. The van der Waals surface area contributed by atoms with Gasteiger partial charge in [-0.25, -0.2) is 0 Å². The van der Waals surface area contributed by atoms with Crippen molar-refractivity contribution in [2.45, 2.75) is 31.7 Å². The lowest BCUT2D eigenvalue weighted by atomic mass is 10.1. The fourth-order valence-electron chi connectivity index (χ4n) is 2.49. The van der Waals surface area contributed by atoms with Gasteiger partial charge in [0, 0.05) is 43.9 Å².